The van der Waals surface area contributed by atoms with Crippen LogP contribution in [0, 0.1) is 13.8 Å². The molecule has 1 saturated heterocycles. The van der Waals surface area contributed by atoms with Gasteiger partial charge in [0.2, 0.25) is 0 Å². The van der Waals surface area contributed by atoms with Crippen molar-refractivity contribution in [2.45, 2.75) is 26.3 Å². The first-order valence-corrected chi connectivity index (χ1v) is 7.74. The number of rotatable bonds is 2. The number of fused-ring (bicyclic) bond motifs is 1. The molecular weight excluding hydrogens is 292 g/mol. The van der Waals surface area contributed by atoms with Gasteiger partial charge in [0, 0.05) is 24.3 Å². The Bertz CT molecular complexity index is 880. The molecule has 0 aliphatic carbocycles. The predicted molar refractivity (Wildman–Crippen MR) is 85.1 cm³/mol. The van der Waals surface area contributed by atoms with Crippen LogP contribution in [0.5, 0.6) is 0 Å². The Hall–Kier alpha value is -2.70. The van der Waals surface area contributed by atoms with E-state index in [1.807, 2.05) is 28.6 Å². The largest absolute Gasteiger partial charge is 0.336 e. The van der Waals surface area contributed by atoms with Gasteiger partial charge in [0.05, 0.1) is 11.7 Å². The van der Waals surface area contributed by atoms with Crippen LogP contribution >= 0.6 is 0 Å². The molecule has 1 amide bonds. The first kappa shape index (κ1) is 13.9. The number of hydrogen-bond donors (Lipinski definition) is 1. The van der Waals surface area contributed by atoms with Gasteiger partial charge < -0.3 is 4.90 Å². The molecule has 1 aromatic carbocycles. The summed E-state index contributed by atoms with van der Waals surface area (Å²) in [6, 6.07) is 7.74. The van der Waals surface area contributed by atoms with Crippen molar-refractivity contribution < 1.29 is 4.79 Å². The van der Waals surface area contributed by atoms with Crippen LogP contribution in [0.2, 0.25) is 0 Å². The maximum Gasteiger partial charge on any atom is 0.254 e. The first-order valence-electron chi connectivity index (χ1n) is 7.74. The highest BCUT2D eigenvalue weighted by molar-refractivity contribution is 5.97. The Morgan fingerprint density at radius 1 is 1.22 bits per heavy atom. The molecule has 1 aliphatic rings. The number of aromatic amines is 1. The molecule has 1 N–H and O–H groups in total. The molecule has 4 rings (SSSR count). The number of aryl methyl sites for hydroxylation is 2. The van der Waals surface area contributed by atoms with Crippen molar-refractivity contribution in [3.63, 3.8) is 0 Å². The molecule has 1 fully saturated rings. The number of likely N-dealkylation sites (tertiary alicyclic amines) is 1. The van der Waals surface area contributed by atoms with Crippen LogP contribution in [0.25, 0.3) is 11.0 Å². The van der Waals surface area contributed by atoms with Gasteiger partial charge in [-0.05, 0) is 44.5 Å². The average molecular weight is 310 g/mol. The summed E-state index contributed by atoms with van der Waals surface area (Å²) in [5.74, 6) is 0.0407. The minimum atomic E-state index is 0.0407. The van der Waals surface area contributed by atoms with E-state index in [9.17, 15) is 4.79 Å². The van der Waals surface area contributed by atoms with E-state index >= 15 is 0 Å². The molecule has 1 aliphatic heterocycles. The highest BCUT2D eigenvalue weighted by atomic mass is 16.2. The summed E-state index contributed by atoms with van der Waals surface area (Å²) in [4.78, 5) is 14.6. The highest BCUT2D eigenvalue weighted by Crippen LogP contribution is 2.25. The van der Waals surface area contributed by atoms with E-state index in [1.165, 1.54) is 0 Å². The molecule has 3 aromatic rings. The Balaban J connectivity index is 1.54. The molecule has 0 radical (unpaired) electrons. The second-order valence-electron chi connectivity index (χ2n) is 6.09. The number of nitrogens with one attached hydrogen (secondary N) is 1. The van der Waals surface area contributed by atoms with Gasteiger partial charge in [-0.2, -0.15) is 20.5 Å². The lowest BCUT2D eigenvalue weighted by Gasteiger charge is -2.17. The summed E-state index contributed by atoms with van der Waals surface area (Å²) in [6.45, 7) is 5.49. The quantitative estimate of drug-likeness (QED) is 0.783. The van der Waals surface area contributed by atoms with Crippen LogP contribution in [-0.4, -0.2) is 49.1 Å². The zero-order valence-electron chi connectivity index (χ0n) is 13.2. The van der Waals surface area contributed by atoms with Crippen molar-refractivity contribution in [1.29, 1.82) is 0 Å². The number of H-pyrrole nitrogens is 1. The molecule has 23 heavy (non-hydrogen) atoms. The maximum absolute atomic E-state index is 12.7. The normalized spacial score (nSPS) is 18.0. The van der Waals surface area contributed by atoms with Gasteiger partial charge >= 0.3 is 0 Å². The summed E-state index contributed by atoms with van der Waals surface area (Å²) in [5, 5.41) is 15.2. The topological polar surface area (TPSA) is 79.7 Å². The van der Waals surface area contributed by atoms with Crippen LogP contribution < -0.4 is 0 Å². The SMILES string of the molecule is Cc1cc(C)n(C2CCN(C(=O)c3ccc4n[nH]nc4c3)C2)n1. The smallest absolute Gasteiger partial charge is 0.254 e. The number of hydrogen-bond acceptors (Lipinski definition) is 4. The fourth-order valence-corrected chi connectivity index (χ4v) is 3.30. The van der Waals surface area contributed by atoms with E-state index in [1.54, 1.807) is 6.07 Å². The van der Waals surface area contributed by atoms with Crippen molar-refractivity contribution >= 4 is 16.9 Å². The van der Waals surface area contributed by atoms with E-state index in [4.69, 9.17) is 0 Å². The molecule has 0 saturated carbocycles. The molecule has 1 unspecified atom stereocenters. The Labute approximate surface area is 133 Å². The molecule has 0 spiro atoms. The minimum Gasteiger partial charge on any atom is -0.336 e. The number of aromatic nitrogens is 5. The second-order valence-corrected chi connectivity index (χ2v) is 6.09. The Morgan fingerprint density at radius 2 is 2.04 bits per heavy atom. The first-order chi connectivity index (χ1) is 11.1. The standard InChI is InChI=1S/C16H18N6O/c1-10-7-11(2)22(19-10)13-5-6-21(9-13)16(23)12-3-4-14-15(8-12)18-20-17-14/h3-4,7-8,13H,5-6,9H2,1-2H3,(H,17,18,20). The average Bonchev–Trinajstić information content (AvgIpc) is 3.24. The molecule has 118 valence electrons. The van der Waals surface area contributed by atoms with E-state index in [-0.39, 0.29) is 11.9 Å². The molecule has 1 atom stereocenters. The summed E-state index contributed by atoms with van der Waals surface area (Å²) in [5.41, 5.74) is 4.30. The third-order valence-corrected chi connectivity index (χ3v) is 4.40. The molecule has 7 nitrogen and oxygen atoms in total. The third kappa shape index (κ3) is 2.38. The molecular formula is C16H18N6O. The van der Waals surface area contributed by atoms with Crippen molar-refractivity contribution in [2.75, 3.05) is 13.1 Å². The predicted octanol–water partition coefficient (Wildman–Crippen LogP) is 1.86. The lowest BCUT2D eigenvalue weighted by atomic mass is 10.2. The maximum atomic E-state index is 12.7. The van der Waals surface area contributed by atoms with Crippen molar-refractivity contribution in [3.8, 4) is 0 Å². The molecule has 3 heterocycles. The Kier molecular flexibility index (Phi) is 3.14. The molecule has 7 heteroatoms. The van der Waals surface area contributed by atoms with Gasteiger partial charge in [-0.25, -0.2) is 0 Å². The lowest BCUT2D eigenvalue weighted by Crippen LogP contribution is -2.29. The minimum absolute atomic E-state index is 0.0407. The van der Waals surface area contributed by atoms with Crippen molar-refractivity contribution in [1.82, 2.24) is 30.1 Å². The second kappa shape index (κ2) is 5.19. The third-order valence-electron chi connectivity index (χ3n) is 4.40. The lowest BCUT2D eigenvalue weighted by molar-refractivity contribution is 0.0787. The number of carbonyl (C=O) groups excluding carboxylic acids is 1. The highest BCUT2D eigenvalue weighted by Gasteiger charge is 2.29. The van der Waals surface area contributed by atoms with E-state index < -0.39 is 0 Å². The molecule has 0 bridgehead atoms. The number of nitrogens with zero attached hydrogens (tertiary/aromatic N) is 5. The van der Waals surface area contributed by atoms with Crippen molar-refractivity contribution in [2.24, 2.45) is 0 Å². The van der Waals surface area contributed by atoms with Gasteiger partial charge in [-0.15, -0.1) is 0 Å². The van der Waals surface area contributed by atoms with Gasteiger partial charge in [0.15, 0.2) is 0 Å². The van der Waals surface area contributed by atoms with Crippen molar-refractivity contribution in [3.05, 3.63) is 41.2 Å². The Morgan fingerprint density at radius 3 is 2.83 bits per heavy atom. The van der Waals surface area contributed by atoms with Gasteiger partial charge in [0.1, 0.15) is 11.0 Å². The summed E-state index contributed by atoms with van der Waals surface area (Å²) in [6.07, 6.45) is 0.930. The zero-order chi connectivity index (χ0) is 16.0. The monoisotopic (exact) mass is 310 g/mol. The fourth-order valence-electron chi connectivity index (χ4n) is 3.30. The summed E-state index contributed by atoms with van der Waals surface area (Å²) in [7, 11) is 0. The van der Waals surface area contributed by atoms with E-state index in [0.29, 0.717) is 17.6 Å². The van der Waals surface area contributed by atoms with Crippen LogP contribution in [0.4, 0.5) is 0 Å². The summed E-state index contributed by atoms with van der Waals surface area (Å²) >= 11 is 0. The number of benzene rings is 1. The van der Waals surface area contributed by atoms with Crippen LogP contribution in [0.1, 0.15) is 34.2 Å². The zero-order valence-corrected chi connectivity index (χ0v) is 13.2. The van der Waals surface area contributed by atoms with Gasteiger partial charge in [-0.1, -0.05) is 0 Å². The number of amides is 1. The van der Waals surface area contributed by atoms with Crippen LogP contribution in [-0.2, 0) is 0 Å². The molecule has 2 aromatic heterocycles. The van der Waals surface area contributed by atoms with Crippen LogP contribution in [0.3, 0.4) is 0 Å². The van der Waals surface area contributed by atoms with E-state index in [2.05, 4.69) is 33.5 Å². The summed E-state index contributed by atoms with van der Waals surface area (Å²) < 4.78 is 2.05. The van der Waals surface area contributed by atoms with Crippen LogP contribution in [0.15, 0.2) is 24.3 Å². The fraction of sp³-hybridized carbons (Fsp3) is 0.375. The number of carbonyl (C=O) groups is 1. The van der Waals surface area contributed by atoms with Gasteiger partial charge in [-0.3, -0.25) is 9.48 Å². The van der Waals surface area contributed by atoms with E-state index in [0.717, 1.165) is 29.9 Å². The van der Waals surface area contributed by atoms with Gasteiger partial charge in [0.25, 0.3) is 5.91 Å².